The largest absolute Gasteiger partial charge is 0.480 e. The summed E-state index contributed by atoms with van der Waals surface area (Å²) >= 11 is 1.33. The molecule has 23 heavy (non-hydrogen) atoms. The van der Waals surface area contributed by atoms with Crippen LogP contribution in [-0.4, -0.2) is 28.9 Å². The van der Waals surface area contributed by atoms with Gasteiger partial charge >= 0.3 is 5.97 Å². The maximum Gasteiger partial charge on any atom is 0.326 e. The quantitative estimate of drug-likeness (QED) is 0.712. The molecule has 1 saturated carbocycles. The molecular formula is C16H22N2O4S. The molecule has 7 heteroatoms. The van der Waals surface area contributed by atoms with E-state index in [1.165, 1.54) is 11.3 Å². The topological polar surface area (TPSA) is 95.5 Å². The van der Waals surface area contributed by atoms with E-state index in [2.05, 4.69) is 10.6 Å². The average molecular weight is 338 g/mol. The van der Waals surface area contributed by atoms with Gasteiger partial charge in [0, 0.05) is 10.8 Å². The van der Waals surface area contributed by atoms with Crippen LogP contribution in [0, 0.1) is 18.8 Å². The summed E-state index contributed by atoms with van der Waals surface area (Å²) in [6.45, 7) is 5.65. The molecule has 2 amide bonds. The minimum Gasteiger partial charge on any atom is -0.480 e. The van der Waals surface area contributed by atoms with Crippen LogP contribution in [0.25, 0.3) is 0 Å². The minimum absolute atomic E-state index is 0.0426. The fourth-order valence-corrected chi connectivity index (χ4v) is 3.18. The fourth-order valence-electron chi connectivity index (χ4n) is 2.26. The second kappa shape index (κ2) is 7.12. The van der Waals surface area contributed by atoms with Gasteiger partial charge in [-0.05, 0) is 38.2 Å². The summed E-state index contributed by atoms with van der Waals surface area (Å²) in [6, 6.07) is 0.742. The Balaban J connectivity index is 2.11. The van der Waals surface area contributed by atoms with Gasteiger partial charge in [-0.1, -0.05) is 13.8 Å². The Hall–Kier alpha value is -1.89. The lowest BCUT2D eigenvalue weighted by atomic mass is 10.0. The average Bonchev–Trinajstić information content (AvgIpc) is 3.22. The number of aryl methyl sites for hydroxylation is 1. The van der Waals surface area contributed by atoms with Gasteiger partial charge in [-0.2, -0.15) is 0 Å². The van der Waals surface area contributed by atoms with E-state index in [1.54, 1.807) is 6.07 Å². The molecule has 0 aliphatic heterocycles. The first kappa shape index (κ1) is 17.5. The molecule has 2 rings (SSSR count). The molecule has 1 aromatic rings. The van der Waals surface area contributed by atoms with Gasteiger partial charge in [-0.3, -0.25) is 9.59 Å². The number of aliphatic carboxylic acids is 1. The third kappa shape index (κ3) is 4.79. The lowest BCUT2D eigenvalue weighted by Crippen LogP contribution is -2.41. The first-order valence-electron chi connectivity index (χ1n) is 7.73. The molecule has 1 fully saturated rings. The zero-order chi connectivity index (χ0) is 17.1. The van der Waals surface area contributed by atoms with Crippen LogP contribution >= 0.6 is 11.3 Å². The molecular weight excluding hydrogens is 316 g/mol. The second-order valence-corrected chi connectivity index (χ2v) is 7.61. The van der Waals surface area contributed by atoms with Crippen LogP contribution in [-0.2, 0) is 9.59 Å². The molecule has 0 bridgehead atoms. The molecule has 1 heterocycles. The van der Waals surface area contributed by atoms with E-state index in [-0.39, 0.29) is 17.7 Å². The summed E-state index contributed by atoms with van der Waals surface area (Å²) in [6.07, 6.45) is 2.12. The van der Waals surface area contributed by atoms with Crippen molar-refractivity contribution in [3.05, 3.63) is 16.5 Å². The summed E-state index contributed by atoms with van der Waals surface area (Å²) in [4.78, 5) is 36.5. The Morgan fingerprint density at radius 1 is 1.35 bits per heavy atom. The lowest BCUT2D eigenvalue weighted by molar-refractivity contribution is -0.139. The van der Waals surface area contributed by atoms with Gasteiger partial charge in [0.15, 0.2) is 0 Å². The number of amides is 2. The number of hydrogen-bond donors (Lipinski definition) is 3. The molecule has 6 nitrogen and oxygen atoms in total. The highest BCUT2D eigenvalue weighted by Gasteiger charge is 2.31. The second-order valence-electron chi connectivity index (χ2n) is 6.36. The number of anilines is 1. The monoisotopic (exact) mass is 338 g/mol. The lowest BCUT2D eigenvalue weighted by Gasteiger charge is -2.16. The zero-order valence-corrected chi connectivity index (χ0v) is 14.3. The number of carbonyl (C=O) groups excluding carboxylic acids is 2. The Kier molecular flexibility index (Phi) is 5.41. The van der Waals surface area contributed by atoms with Gasteiger partial charge in [0.25, 0.3) is 5.91 Å². The summed E-state index contributed by atoms with van der Waals surface area (Å²) in [5.41, 5.74) is 0.330. The smallest absolute Gasteiger partial charge is 0.326 e. The highest BCUT2D eigenvalue weighted by Crippen LogP contribution is 2.33. The van der Waals surface area contributed by atoms with E-state index in [1.807, 2.05) is 20.8 Å². The number of carboxylic acid groups (broad SMARTS) is 1. The third-order valence-corrected chi connectivity index (χ3v) is 4.56. The van der Waals surface area contributed by atoms with Crippen LogP contribution in [0.3, 0.4) is 0 Å². The SMILES string of the molecule is Cc1cc(C(=O)NC(CC(C)C)C(=O)O)c(NC(=O)C2CC2)s1. The van der Waals surface area contributed by atoms with Crippen molar-refractivity contribution in [1.29, 1.82) is 0 Å². The molecule has 3 N–H and O–H groups in total. The highest BCUT2D eigenvalue weighted by molar-refractivity contribution is 7.16. The standard InChI is InChI=1S/C16H22N2O4S/c1-8(2)6-12(16(21)22)17-14(20)11-7-9(3)23-15(11)18-13(19)10-4-5-10/h7-8,10,12H,4-6H2,1-3H3,(H,17,20)(H,18,19)(H,21,22). The van der Waals surface area contributed by atoms with Crippen molar-refractivity contribution in [2.24, 2.45) is 11.8 Å². The van der Waals surface area contributed by atoms with Crippen LogP contribution in [0.15, 0.2) is 6.07 Å². The summed E-state index contributed by atoms with van der Waals surface area (Å²) < 4.78 is 0. The molecule has 1 atom stereocenters. The van der Waals surface area contributed by atoms with Crippen molar-refractivity contribution in [1.82, 2.24) is 5.32 Å². The number of carbonyl (C=O) groups is 3. The van der Waals surface area contributed by atoms with E-state index in [4.69, 9.17) is 0 Å². The summed E-state index contributed by atoms with van der Waals surface area (Å²) in [5, 5.41) is 15.1. The fraction of sp³-hybridized carbons (Fsp3) is 0.562. The van der Waals surface area contributed by atoms with Gasteiger partial charge in [0.05, 0.1) is 5.56 Å². The summed E-state index contributed by atoms with van der Waals surface area (Å²) in [7, 11) is 0. The first-order chi connectivity index (χ1) is 10.8. The Morgan fingerprint density at radius 2 is 2.00 bits per heavy atom. The predicted molar refractivity (Wildman–Crippen MR) is 88.8 cm³/mol. The van der Waals surface area contributed by atoms with E-state index in [9.17, 15) is 19.5 Å². The molecule has 126 valence electrons. The number of carboxylic acids is 1. The van der Waals surface area contributed by atoms with Crippen molar-refractivity contribution < 1.29 is 19.5 Å². The van der Waals surface area contributed by atoms with E-state index < -0.39 is 17.9 Å². The van der Waals surface area contributed by atoms with Crippen LogP contribution in [0.2, 0.25) is 0 Å². The maximum atomic E-state index is 12.4. The third-order valence-electron chi connectivity index (χ3n) is 3.60. The van der Waals surface area contributed by atoms with Crippen LogP contribution < -0.4 is 10.6 Å². The minimum atomic E-state index is -1.05. The molecule has 0 saturated heterocycles. The molecule has 0 aromatic carbocycles. The molecule has 0 radical (unpaired) electrons. The van der Waals surface area contributed by atoms with E-state index in [0.29, 0.717) is 17.0 Å². The summed E-state index contributed by atoms with van der Waals surface area (Å²) in [5.74, 6) is -1.40. The van der Waals surface area contributed by atoms with Crippen molar-refractivity contribution in [3.63, 3.8) is 0 Å². The Labute approximate surface area is 139 Å². The van der Waals surface area contributed by atoms with Gasteiger partial charge in [0.1, 0.15) is 11.0 Å². The van der Waals surface area contributed by atoms with Gasteiger partial charge in [-0.15, -0.1) is 11.3 Å². The van der Waals surface area contributed by atoms with Crippen molar-refractivity contribution in [2.45, 2.75) is 46.1 Å². The number of hydrogen-bond acceptors (Lipinski definition) is 4. The highest BCUT2D eigenvalue weighted by atomic mass is 32.1. The van der Waals surface area contributed by atoms with E-state index in [0.717, 1.165) is 17.7 Å². The van der Waals surface area contributed by atoms with Crippen molar-refractivity contribution in [3.8, 4) is 0 Å². The maximum absolute atomic E-state index is 12.4. The Bertz CT molecular complexity index is 620. The zero-order valence-electron chi connectivity index (χ0n) is 13.5. The molecule has 1 aliphatic rings. The van der Waals surface area contributed by atoms with Crippen LogP contribution in [0.1, 0.15) is 48.3 Å². The van der Waals surface area contributed by atoms with Crippen molar-refractivity contribution >= 4 is 34.1 Å². The molecule has 1 unspecified atom stereocenters. The molecule has 0 spiro atoms. The van der Waals surface area contributed by atoms with E-state index >= 15 is 0 Å². The number of rotatable bonds is 7. The van der Waals surface area contributed by atoms with Crippen LogP contribution in [0.4, 0.5) is 5.00 Å². The first-order valence-corrected chi connectivity index (χ1v) is 8.54. The number of nitrogens with one attached hydrogen (secondary N) is 2. The van der Waals surface area contributed by atoms with Crippen molar-refractivity contribution in [2.75, 3.05) is 5.32 Å². The normalized spacial score (nSPS) is 15.3. The Morgan fingerprint density at radius 3 is 2.52 bits per heavy atom. The number of thiophene rings is 1. The predicted octanol–water partition coefficient (Wildman–Crippen LogP) is 2.63. The van der Waals surface area contributed by atoms with Gasteiger partial charge in [0.2, 0.25) is 5.91 Å². The van der Waals surface area contributed by atoms with Gasteiger partial charge in [-0.25, -0.2) is 4.79 Å². The molecule has 1 aliphatic carbocycles. The molecule has 1 aromatic heterocycles. The van der Waals surface area contributed by atoms with Crippen LogP contribution in [0.5, 0.6) is 0 Å². The van der Waals surface area contributed by atoms with Gasteiger partial charge < -0.3 is 15.7 Å².